The molecule has 0 unspecified atom stereocenters. The minimum Gasteiger partial charge on any atom is -0.355 e. The summed E-state index contributed by atoms with van der Waals surface area (Å²) >= 11 is 6.08. The van der Waals surface area contributed by atoms with Crippen molar-refractivity contribution in [2.75, 3.05) is 11.9 Å². The molecule has 1 heterocycles. The van der Waals surface area contributed by atoms with Gasteiger partial charge in [-0.15, -0.1) is 0 Å². The van der Waals surface area contributed by atoms with E-state index < -0.39 is 0 Å². The lowest BCUT2D eigenvalue weighted by atomic mass is 10.1. The molecule has 0 atom stereocenters. The Bertz CT molecular complexity index is 584. The first kappa shape index (κ1) is 14.8. The third-order valence-corrected chi connectivity index (χ3v) is 3.29. The van der Waals surface area contributed by atoms with Gasteiger partial charge >= 0.3 is 0 Å². The van der Waals surface area contributed by atoms with Crippen LogP contribution in [0.2, 0.25) is 5.15 Å². The van der Waals surface area contributed by atoms with Gasteiger partial charge in [0.15, 0.2) is 0 Å². The minimum absolute atomic E-state index is 0.509. The van der Waals surface area contributed by atoms with Gasteiger partial charge in [-0.25, -0.2) is 9.97 Å². The average Bonchev–Trinajstić information content (AvgIpc) is 2.38. The second-order valence-corrected chi connectivity index (χ2v) is 5.45. The number of aromatic nitrogens is 2. The van der Waals surface area contributed by atoms with Crippen molar-refractivity contribution in [1.82, 2.24) is 9.97 Å². The van der Waals surface area contributed by atoms with Crippen LogP contribution in [0, 0.1) is 6.92 Å². The summed E-state index contributed by atoms with van der Waals surface area (Å²) < 4.78 is 0. The number of hydrogen-bond acceptors (Lipinski definition) is 3. The fourth-order valence-corrected chi connectivity index (χ4v) is 2.34. The van der Waals surface area contributed by atoms with E-state index in [1.165, 1.54) is 11.1 Å². The van der Waals surface area contributed by atoms with Gasteiger partial charge in [-0.2, -0.15) is 0 Å². The first-order valence-corrected chi connectivity index (χ1v) is 7.26. The molecule has 20 heavy (non-hydrogen) atoms. The molecule has 0 radical (unpaired) electrons. The van der Waals surface area contributed by atoms with Crippen LogP contribution in [0.1, 0.15) is 30.3 Å². The summed E-state index contributed by atoms with van der Waals surface area (Å²) in [6.07, 6.45) is 1.87. The van der Waals surface area contributed by atoms with Crippen molar-refractivity contribution in [2.24, 2.45) is 0 Å². The van der Waals surface area contributed by atoms with Gasteiger partial charge in [-0.3, -0.25) is 0 Å². The van der Waals surface area contributed by atoms with Crippen LogP contribution in [0.5, 0.6) is 0 Å². The number of rotatable bonds is 5. The van der Waals surface area contributed by atoms with Crippen molar-refractivity contribution in [3.05, 3.63) is 52.4 Å². The lowest BCUT2D eigenvalue weighted by Crippen LogP contribution is -2.18. The summed E-state index contributed by atoms with van der Waals surface area (Å²) in [5.41, 5.74) is 2.53. The average molecular weight is 290 g/mol. The van der Waals surface area contributed by atoms with E-state index in [0.29, 0.717) is 5.15 Å². The van der Waals surface area contributed by atoms with Gasteiger partial charge < -0.3 is 4.90 Å². The van der Waals surface area contributed by atoms with E-state index in [1.54, 1.807) is 0 Å². The van der Waals surface area contributed by atoms with Gasteiger partial charge in [0.25, 0.3) is 0 Å². The quantitative estimate of drug-likeness (QED) is 0.778. The van der Waals surface area contributed by atoms with Gasteiger partial charge in [0.05, 0.1) is 0 Å². The molecule has 0 amide bonds. The summed E-state index contributed by atoms with van der Waals surface area (Å²) in [6.45, 7) is 5.02. The lowest BCUT2D eigenvalue weighted by Gasteiger charge is -2.19. The molecule has 1 aromatic carbocycles. The molecule has 0 aliphatic rings. The Labute approximate surface area is 125 Å². The maximum atomic E-state index is 6.08. The normalized spacial score (nSPS) is 10.6. The Balaban J connectivity index is 2.18. The Hall–Kier alpha value is -1.61. The molecule has 0 spiro atoms. The monoisotopic (exact) mass is 289 g/mol. The zero-order chi connectivity index (χ0) is 14.5. The van der Waals surface area contributed by atoms with Crippen LogP contribution >= 0.6 is 11.6 Å². The maximum Gasteiger partial charge on any atom is 0.134 e. The van der Waals surface area contributed by atoms with Crippen LogP contribution in [0.15, 0.2) is 30.3 Å². The van der Waals surface area contributed by atoms with E-state index in [1.807, 2.05) is 13.1 Å². The smallest absolute Gasteiger partial charge is 0.134 e. The Morgan fingerprint density at radius 2 is 2.00 bits per heavy atom. The summed E-state index contributed by atoms with van der Waals surface area (Å²) in [5, 5.41) is 0.509. The number of nitrogens with zero attached hydrogens (tertiary/aromatic N) is 3. The van der Waals surface area contributed by atoms with Gasteiger partial charge in [-0.1, -0.05) is 48.4 Å². The largest absolute Gasteiger partial charge is 0.355 e. The molecule has 4 heteroatoms. The molecule has 3 nitrogen and oxygen atoms in total. The third kappa shape index (κ3) is 3.94. The molecular weight excluding hydrogens is 270 g/mol. The molecule has 0 fully saturated rings. The van der Waals surface area contributed by atoms with E-state index >= 15 is 0 Å². The van der Waals surface area contributed by atoms with Crippen LogP contribution in [-0.4, -0.2) is 17.0 Å². The molecule has 0 aliphatic heterocycles. The van der Waals surface area contributed by atoms with Crippen molar-refractivity contribution >= 4 is 17.4 Å². The first-order valence-electron chi connectivity index (χ1n) is 6.88. The van der Waals surface area contributed by atoms with Gasteiger partial charge in [0.1, 0.15) is 16.8 Å². The van der Waals surface area contributed by atoms with Crippen molar-refractivity contribution in [3.63, 3.8) is 0 Å². The number of hydrogen-bond donors (Lipinski definition) is 0. The van der Waals surface area contributed by atoms with Crippen LogP contribution in [0.4, 0.5) is 5.82 Å². The maximum absolute atomic E-state index is 6.08. The third-order valence-electron chi connectivity index (χ3n) is 3.09. The fourth-order valence-electron chi connectivity index (χ4n) is 2.15. The van der Waals surface area contributed by atoms with Crippen molar-refractivity contribution in [1.29, 1.82) is 0 Å². The molecule has 2 aromatic rings. The highest BCUT2D eigenvalue weighted by molar-refractivity contribution is 6.29. The summed E-state index contributed by atoms with van der Waals surface area (Å²) in [6, 6.07) is 10.3. The SMILES string of the molecule is CCCc1nc(Cl)cc(N(C)Cc2cccc(C)c2)n1. The van der Waals surface area contributed by atoms with Crippen LogP contribution in [-0.2, 0) is 13.0 Å². The molecule has 1 aromatic heterocycles. The standard InChI is InChI=1S/C16H20ClN3/c1-4-6-15-18-14(17)10-16(19-15)20(3)11-13-8-5-7-12(2)9-13/h5,7-10H,4,6,11H2,1-3H3. The topological polar surface area (TPSA) is 29.0 Å². The predicted octanol–water partition coefficient (Wildman–Crippen LogP) is 4.03. The van der Waals surface area contributed by atoms with E-state index in [-0.39, 0.29) is 0 Å². The van der Waals surface area contributed by atoms with Crippen LogP contribution < -0.4 is 4.90 Å². The summed E-state index contributed by atoms with van der Waals surface area (Å²) in [7, 11) is 2.02. The van der Waals surface area contributed by atoms with E-state index in [0.717, 1.165) is 31.0 Å². The highest BCUT2D eigenvalue weighted by atomic mass is 35.5. The molecule has 0 saturated carbocycles. The van der Waals surface area contributed by atoms with Crippen LogP contribution in [0.25, 0.3) is 0 Å². The second kappa shape index (κ2) is 6.71. The van der Waals surface area contributed by atoms with E-state index in [9.17, 15) is 0 Å². The van der Waals surface area contributed by atoms with Gasteiger partial charge in [0.2, 0.25) is 0 Å². The van der Waals surface area contributed by atoms with Crippen molar-refractivity contribution < 1.29 is 0 Å². The fraction of sp³-hybridized carbons (Fsp3) is 0.375. The molecule has 0 aliphatic carbocycles. The molecule has 0 saturated heterocycles. The molecule has 0 bridgehead atoms. The zero-order valence-electron chi connectivity index (χ0n) is 12.2. The number of halogens is 1. The Kier molecular flexibility index (Phi) is 4.96. The van der Waals surface area contributed by atoms with Crippen molar-refractivity contribution in [3.8, 4) is 0 Å². The Morgan fingerprint density at radius 1 is 1.20 bits per heavy atom. The molecule has 0 N–H and O–H groups in total. The summed E-state index contributed by atoms with van der Waals surface area (Å²) in [4.78, 5) is 10.9. The predicted molar refractivity (Wildman–Crippen MR) is 84.3 cm³/mol. The first-order chi connectivity index (χ1) is 9.58. The summed E-state index contributed by atoms with van der Waals surface area (Å²) in [5.74, 6) is 1.68. The zero-order valence-corrected chi connectivity index (χ0v) is 13.0. The van der Waals surface area contributed by atoms with Crippen molar-refractivity contribution in [2.45, 2.75) is 33.2 Å². The second-order valence-electron chi connectivity index (χ2n) is 5.06. The number of anilines is 1. The van der Waals surface area contributed by atoms with Crippen LogP contribution in [0.3, 0.4) is 0 Å². The lowest BCUT2D eigenvalue weighted by molar-refractivity contribution is 0.812. The highest BCUT2D eigenvalue weighted by Gasteiger charge is 2.08. The number of aryl methyl sites for hydroxylation is 2. The minimum atomic E-state index is 0.509. The Morgan fingerprint density at radius 3 is 2.70 bits per heavy atom. The van der Waals surface area contributed by atoms with E-state index in [2.05, 4.69) is 53.0 Å². The van der Waals surface area contributed by atoms with E-state index in [4.69, 9.17) is 11.6 Å². The van der Waals surface area contributed by atoms with Gasteiger partial charge in [-0.05, 0) is 18.9 Å². The molecular formula is C16H20ClN3. The number of benzene rings is 1. The molecule has 2 rings (SSSR count). The molecule has 106 valence electrons. The highest BCUT2D eigenvalue weighted by Crippen LogP contribution is 2.18. The van der Waals surface area contributed by atoms with Gasteiger partial charge in [0, 0.05) is 26.1 Å².